The summed E-state index contributed by atoms with van der Waals surface area (Å²) in [5.74, 6) is 0.320. The number of rotatable bonds is 7. The van der Waals surface area contributed by atoms with Crippen LogP contribution in [0.1, 0.15) is 26.7 Å². The minimum atomic E-state index is -0.0865. The highest BCUT2D eigenvalue weighted by atomic mass is 16.6. The molecule has 4 heteroatoms. The molecule has 0 aliphatic carbocycles. The third-order valence-corrected chi connectivity index (χ3v) is 2.93. The third-order valence-electron chi connectivity index (χ3n) is 2.93. The van der Waals surface area contributed by atoms with Crippen LogP contribution in [-0.2, 0) is 14.3 Å². The SMILES string of the molecule is CCCCOCCOC(=O)[C@@H]1CNC[C@H]1C. The molecule has 0 spiro atoms. The van der Waals surface area contributed by atoms with E-state index in [0.29, 0.717) is 19.1 Å². The number of esters is 1. The van der Waals surface area contributed by atoms with Gasteiger partial charge in [0.2, 0.25) is 0 Å². The van der Waals surface area contributed by atoms with Gasteiger partial charge in [0.05, 0.1) is 12.5 Å². The fourth-order valence-corrected chi connectivity index (χ4v) is 1.78. The number of carbonyl (C=O) groups is 1. The van der Waals surface area contributed by atoms with E-state index in [0.717, 1.165) is 32.5 Å². The minimum Gasteiger partial charge on any atom is -0.463 e. The highest BCUT2D eigenvalue weighted by molar-refractivity contribution is 5.73. The van der Waals surface area contributed by atoms with Crippen molar-refractivity contribution in [3.05, 3.63) is 0 Å². The third kappa shape index (κ3) is 4.49. The Bertz CT molecular complexity index is 208. The number of carbonyl (C=O) groups excluding carboxylic acids is 1. The second-order valence-electron chi connectivity index (χ2n) is 4.38. The molecule has 0 aromatic carbocycles. The lowest BCUT2D eigenvalue weighted by Crippen LogP contribution is -2.25. The number of nitrogens with one attached hydrogen (secondary N) is 1. The Balaban J connectivity index is 2.02. The molecule has 94 valence electrons. The van der Waals surface area contributed by atoms with E-state index >= 15 is 0 Å². The van der Waals surface area contributed by atoms with Gasteiger partial charge in [0.25, 0.3) is 0 Å². The van der Waals surface area contributed by atoms with Gasteiger partial charge in [0.1, 0.15) is 6.61 Å². The van der Waals surface area contributed by atoms with Crippen LogP contribution in [-0.4, -0.2) is 38.9 Å². The largest absolute Gasteiger partial charge is 0.463 e. The lowest BCUT2D eigenvalue weighted by atomic mass is 9.99. The molecule has 1 aliphatic heterocycles. The van der Waals surface area contributed by atoms with Gasteiger partial charge in [-0.25, -0.2) is 0 Å². The van der Waals surface area contributed by atoms with E-state index in [1.807, 2.05) is 0 Å². The summed E-state index contributed by atoms with van der Waals surface area (Å²) in [5.41, 5.74) is 0. The lowest BCUT2D eigenvalue weighted by molar-refractivity contribution is -0.150. The molecule has 2 atom stereocenters. The number of unbranched alkanes of at least 4 members (excludes halogenated alkanes) is 1. The zero-order valence-electron chi connectivity index (χ0n) is 10.3. The molecule has 1 heterocycles. The Morgan fingerprint density at radius 3 is 2.75 bits per heavy atom. The predicted octanol–water partition coefficient (Wildman–Crippen LogP) is 1.20. The second kappa shape index (κ2) is 7.63. The average molecular weight is 229 g/mol. The molecule has 0 radical (unpaired) electrons. The fraction of sp³-hybridized carbons (Fsp3) is 0.917. The summed E-state index contributed by atoms with van der Waals surface area (Å²) in [6, 6.07) is 0. The van der Waals surface area contributed by atoms with Gasteiger partial charge in [0, 0.05) is 13.2 Å². The summed E-state index contributed by atoms with van der Waals surface area (Å²) >= 11 is 0. The van der Waals surface area contributed by atoms with E-state index < -0.39 is 0 Å². The van der Waals surface area contributed by atoms with Crippen LogP contribution < -0.4 is 5.32 Å². The molecule has 0 unspecified atom stereocenters. The molecule has 0 aromatic rings. The van der Waals surface area contributed by atoms with Gasteiger partial charge >= 0.3 is 5.97 Å². The Hall–Kier alpha value is -0.610. The summed E-state index contributed by atoms with van der Waals surface area (Å²) in [5, 5.41) is 3.19. The van der Waals surface area contributed by atoms with Gasteiger partial charge in [-0.3, -0.25) is 4.79 Å². The van der Waals surface area contributed by atoms with Crippen LogP contribution in [0.15, 0.2) is 0 Å². The van der Waals surface area contributed by atoms with Crippen molar-refractivity contribution in [2.75, 3.05) is 32.9 Å². The van der Waals surface area contributed by atoms with Crippen LogP contribution in [0, 0.1) is 11.8 Å². The Morgan fingerprint density at radius 2 is 2.12 bits per heavy atom. The summed E-state index contributed by atoms with van der Waals surface area (Å²) in [4.78, 5) is 11.6. The summed E-state index contributed by atoms with van der Waals surface area (Å²) in [7, 11) is 0. The van der Waals surface area contributed by atoms with E-state index in [2.05, 4.69) is 19.2 Å². The van der Waals surface area contributed by atoms with E-state index in [4.69, 9.17) is 9.47 Å². The first kappa shape index (κ1) is 13.5. The monoisotopic (exact) mass is 229 g/mol. The van der Waals surface area contributed by atoms with Crippen LogP contribution in [0.4, 0.5) is 0 Å². The lowest BCUT2D eigenvalue weighted by Gasteiger charge is -2.13. The average Bonchev–Trinajstić information content (AvgIpc) is 2.69. The van der Waals surface area contributed by atoms with Crippen molar-refractivity contribution in [2.45, 2.75) is 26.7 Å². The molecule has 1 rings (SSSR count). The van der Waals surface area contributed by atoms with Crippen LogP contribution >= 0.6 is 0 Å². The topological polar surface area (TPSA) is 47.6 Å². The highest BCUT2D eigenvalue weighted by Gasteiger charge is 2.30. The number of hydrogen-bond acceptors (Lipinski definition) is 4. The smallest absolute Gasteiger partial charge is 0.310 e. The Labute approximate surface area is 97.7 Å². The van der Waals surface area contributed by atoms with Gasteiger partial charge in [-0.05, 0) is 18.9 Å². The van der Waals surface area contributed by atoms with Gasteiger partial charge in [-0.15, -0.1) is 0 Å². The summed E-state index contributed by atoms with van der Waals surface area (Å²) in [6.07, 6.45) is 2.20. The van der Waals surface area contributed by atoms with Crippen molar-refractivity contribution >= 4 is 5.97 Å². The zero-order chi connectivity index (χ0) is 11.8. The summed E-state index contributed by atoms with van der Waals surface area (Å²) < 4.78 is 10.5. The Kier molecular flexibility index (Phi) is 6.42. The van der Waals surface area contributed by atoms with E-state index in [-0.39, 0.29) is 11.9 Å². The molecule has 0 bridgehead atoms. The quantitative estimate of drug-likeness (QED) is 0.526. The van der Waals surface area contributed by atoms with Gasteiger partial charge < -0.3 is 14.8 Å². The summed E-state index contributed by atoms with van der Waals surface area (Å²) in [6.45, 7) is 7.51. The maximum atomic E-state index is 11.6. The maximum Gasteiger partial charge on any atom is 0.310 e. The molecule has 1 fully saturated rings. The molecule has 0 aromatic heterocycles. The maximum absolute atomic E-state index is 11.6. The predicted molar refractivity (Wildman–Crippen MR) is 62.2 cm³/mol. The molecule has 1 N–H and O–H groups in total. The molecule has 0 amide bonds. The van der Waals surface area contributed by atoms with Crippen molar-refractivity contribution in [3.63, 3.8) is 0 Å². The number of hydrogen-bond donors (Lipinski definition) is 1. The molecule has 16 heavy (non-hydrogen) atoms. The molecule has 0 saturated carbocycles. The molecular formula is C12H23NO3. The van der Waals surface area contributed by atoms with Crippen LogP contribution in [0.2, 0.25) is 0 Å². The van der Waals surface area contributed by atoms with Crippen LogP contribution in [0.25, 0.3) is 0 Å². The molecular weight excluding hydrogens is 206 g/mol. The zero-order valence-corrected chi connectivity index (χ0v) is 10.3. The van der Waals surface area contributed by atoms with Crippen molar-refractivity contribution in [3.8, 4) is 0 Å². The molecule has 1 saturated heterocycles. The van der Waals surface area contributed by atoms with Crippen molar-refractivity contribution in [2.24, 2.45) is 11.8 Å². The first-order valence-corrected chi connectivity index (χ1v) is 6.20. The first-order valence-electron chi connectivity index (χ1n) is 6.20. The minimum absolute atomic E-state index is 0.0237. The Morgan fingerprint density at radius 1 is 1.31 bits per heavy atom. The second-order valence-corrected chi connectivity index (χ2v) is 4.38. The van der Waals surface area contributed by atoms with Gasteiger partial charge in [-0.1, -0.05) is 20.3 Å². The highest BCUT2D eigenvalue weighted by Crippen LogP contribution is 2.16. The van der Waals surface area contributed by atoms with Gasteiger partial charge in [-0.2, -0.15) is 0 Å². The number of ether oxygens (including phenoxy) is 2. The van der Waals surface area contributed by atoms with Crippen molar-refractivity contribution < 1.29 is 14.3 Å². The molecule has 4 nitrogen and oxygen atoms in total. The molecule has 1 aliphatic rings. The van der Waals surface area contributed by atoms with Crippen molar-refractivity contribution in [1.29, 1.82) is 0 Å². The van der Waals surface area contributed by atoms with Crippen LogP contribution in [0.3, 0.4) is 0 Å². The van der Waals surface area contributed by atoms with E-state index in [1.165, 1.54) is 0 Å². The first-order chi connectivity index (χ1) is 7.75. The fourth-order valence-electron chi connectivity index (χ4n) is 1.78. The van der Waals surface area contributed by atoms with E-state index in [9.17, 15) is 4.79 Å². The van der Waals surface area contributed by atoms with Crippen molar-refractivity contribution in [1.82, 2.24) is 5.32 Å². The van der Waals surface area contributed by atoms with Crippen LogP contribution in [0.5, 0.6) is 0 Å². The normalized spacial score (nSPS) is 24.6. The standard InChI is InChI=1S/C12H23NO3/c1-3-4-5-15-6-7-16-12(14)11-9-13-8-10(11)2/h10-11,13H,3-9H2,1-2H3/t10-,11-/m1/s1. The van der Waals surface area contributed by atoms with Gasteiger partial charge in [0.15, 0.2) is 0 Å². The van der Waals surface area contributed by atoms with E-state index in [1.54, 1.807) is 0 Å².